The number of rotatable bonds is 4. The van der Waals surface area contributed by atoms with Crippen LogP contribution in [0.3, 0.4) is 0 Å². The van der Waals surface area contributed by atoms with Crippen LogP contribution in [0.4, 0.5) is 0 Å². The van der Waals surface area contributed by atoms with Crippen molar-refractivity contribution in [1.82, 2.24) is 10.1 Å². The Morgan fingerprint density at radius 1 is 1.26 bits per heavy atom. The van der Waals surface area contributed by atoms with E-state index in [0.29, 0.717) is 43.2 Å². The van der Waals surface area contributed by atoms with Gasteiger partial charge in [-0.3, -0.25) is 4.79 Å². The summed E-state index contributed by atoms with van der Waals surface area (Å²) < 4.78 is 16.2. The molecule has 1 aromatic carbocycles. The Morgan fingerprint density at radius 3 is 2.74 bits per heavy atom. The Labute approximate surface area is 135 Å². The molecular formula is C17H20N2O4. The molecule has 6 heteroatoms. The molecule has 23 heavy (non-hydrogen) atoms. The van der Waals surface area contributed by atoms with E-state index in [0.717, 1.165) is 17.1 Å². The summed E-state index contributed by atoms with van der Waals surface area (Å²) in [4.78, 5) is 14.3. The second-order valence-corrected chi connectivity index (χ2v) is 5.55. The van der Waals surface area contributed by atoms with Crippen LogP contribution in [-0.2, 0) is 13.0 Å². The van der Waals surface area contributed by atoms with Crippen molar-refractivity contribution in [3.63, 3.8) is 0 Å². The number of carbonyl (C=O) groups excluding carboxylic acids is 1. The number of ether oxygens (including phenoxy) is 2. The molecule has 0 atom stereocenters. The predicted octanol–water partition coefficient (Wildman–Crippen LogP) is 2.59. The summed E-state index contributed by atoms with van der Waals surface area (Å²) in [5.74, 6) is 1.94. The summed E-state index contributed by atoms with van der Waals surface area (Å²) in [6, 6.07) is 5.74. The Kier molecular flexibility index (Phi) is 4.23. The molecule has 1 aromatic heterocycles. The van der Waals surface area contributed by atoms with Crippen molar-refractivity contribution in [2.24, 2.45) is 0 Å². The van der Waals surface area contributed by atoms with Crippen LogP contribution in [0, 0.1) is 6.92 Å². The van der Waals surface area contributed by atoms with E-state index in [4.69, 9.17) is 14.0 Å². The molecule has 1 amide bonds. The van der Waals surface area contributed by atoms with Gasteiger partial charge in [0.15, 0.2) is 11.5 Å². The van der Waals surface area contributed by atoms with Crippen LogP contribution in [0.15, 0.2) is 22.7 Å². The normalized spacial score (nSPS) is 13.0. The first-order valence-corrected chi connectivity index (χ1v) is 7.69. The third-order valence-corrected chi connectivity index (χ3v) is 3.86. The lowest BCUT2D eigenvalue weighted by molar-refractivity contribution is 0.0782. The molecule has 0 N–H and O–H groups in total. The van der Waals surface area contributed by atoms with Gasteiger partial charge in [-0.25, -0.2) is 0 Å². The maximum atomic E-state index is 12.7. The molecule has 0 fully saturated rings. The molecule has 0 saturated carbocycles. The fourth-order valence-corrected chi connectivity index (χ4v) is 2.66. The molecule has 2 aromatic rings. The second kappa shape index (κ2) is 6.32. The molecule has 0 spiro atoms. The van der Waals surface area contributed by atoms with E-state index >= 15 is 0 Å². The van der Waals surface area contributed by atoms with E-state index in [-0.39, 0.29) is 5.91 Å². The van der Waals surface area contributed by atoms with Crippen LogP contribution >= 0.6 is 0 Å². The second-order valence-electron chi connectivity index (χ2n) is 5.55. The third-order valence-electron chi connectivity index (χ3n) is 3.86. The highest BCUT2D eigenvalue weighted by atomic mass is 16.6. The van der Waals surface area contributed by atoms with E-state index in [2.05, 4.69) is 5.16 Å². The minimum absolute atomic E-state index is 0.0875. The van der Waals surface area contributed by atoms with Crippen LogP contribution in [0.5, 0.6) is 11.5 Å². The number of hydrogen-bond acceptors (Lipinski definition) is 5. The zero-order valence-corrected chi connectivity index (χ0v) is 13.6. The SMILES string of the molecule is CCc1noc(C)c1C(=O)N(C)Cc1ccc2c(c1)OCCO2. The molecule has 6 nitrogen and oxygen atoms in total. The van der Waals surface area contributed by atoms with Crippen LogP contribution < -0.4 is 9.47 Å². The van der Waals surface area contributed by atoms with Crippen LogP contribution in [0.1, 0.15) is 34.3 Å². The summed E-state index contributed by atoms with van der Waals surface area (Å²) in [6.45, 7) is 5.30. The van der Waals surface area contributed by atoms with Gasteiger partial charge in [0.05, 0.1) is 5.69 Å². The lowest BCUT2D eigenvalue weighted by Crippen LogP contribution is -2.27. The number of carbonyl (C=O) groups is 1. The van der Waals surface area contributed by atoms with Gasteiger partial charge in [-0.05, 0) is 31.0 Å². The van der Waals surface area contributed by atoms with Gasteiger partial charge < -0.3 is 18.9 Å². The van der Waals surface area contributed by atoms with Crippen LogP contribution in [0.25, 0.3) is 0 Å². The highest BCUT2D eigenvalue weighted by Gasteiger charge is 2.23. The van der Waals surface area contributed by atoms with Gasteiger partial charge in [-0.2, -0.15) is 0 Å². The molecule has 1 aliphatic rings. The number of hydrogen-bond donors (Lipinski definition) is 0. The first-order chi connectivity index (χ1) is 11.1. The number of amides is 1. The van der Waals surface area contributed by atoms with Crippen molar-refractivity contribution in [2.75, 3.05) is 20.3 Å². The van der Waals surface area contributed by atoms with E-state index in [1.54, 1.807) is 18.9 Å². The molecule has 122 valence electrons. The van der Waals surface area contributed by atoms with Gasteiger partial charge in [0.1, 0.15) is 24.5 Å². The molecule has 3 rings (SSSR count). The van der Waals surface area contributed by atoms with Gasteiger partial charge in [0.2, 0.25) is 0 Å². The Balaban J connectivity index is 1.77. The van der Waals surface area contributed by atoms with Crippen molar-refractivity contribution in [1.29, 1.82) is 0 Å². The largest absolute Gasteiger partial charge is 0.486 e. The number of aryl methyl sites for hydroxylation is 2. The quantitative estimate of drug-likeness (QED) is 0.867. The molecule has 0 radical (unpaired) electrons. The van der Waals surface area contributed by atoms with Gasteiger partial charge in [-0.1, -0.05) is 18.1 Å². The summed E-state index contributed by atoms with van der Waals surface area (Å²) >= 11 is 0. The third kappa shape index (κ3) is 3.02. The van der Waals surface area contributed by atoms with Crippen LogP contribution in [0.2, 0.25) is 0 Å². The van der Waals surface area contributed by atoms with Gasteiger partial charge >= 0.3 is 0 Å². The molecule has 0 aliphatic carbocycles. The molecule has 0 unspecified atom stereocenters. The minimum atomic E-state index is -0.0875. The van der Waals surface area contributed by atoms with E-state index in [1.807, 2.05) is 25.1 Å². The lowest BCUT2D eigenvalue weighted by atomic mass is 10.1. The molecule has 0 bridgehead atoms. The van der Waals surface area contributed by atoms with Gasteiger partial charge in [0, 0.05) is 13.6 Å². The first kappa shape index (κ1) is 15.4. The Morgan fingerprint density at radius 2 is 2.00 bits per heavy atom. The smallest absolute Gasteiger partial charge is 0.259 e. The minimum Gasteiger partial charge on any atom is -0.486 e. The molecular weight excluding hydrogens is 296 g/mol. The monoisotopic (exact) mass is 316 g/mol. The van der Waals surface area contributed by atoms with E-state index in [1.165, 1.54) is 0 Å². The van der Waals surface area contributed by atoms with Crippen molar-refractivity contribution >= 4 is 5.91 Å². The predicted molar refractivity (Wildman–Crippen MR) is 83.8 cm³/mol. The summed E-state index contributed by atoms with van der Waals surface area (Å²) in [5, 5.41) is 3.94. The maximum Gasteiger partial charge on any atom is 0.259 e. The Bertz CT molecular complexity index is 723. The van der Waals surface area contributed by atoms with Crippen molar-refractivity contribution in [3.8, 4) is 11.5 Å². The van der Waals surface area contributed by atoms with Crippen LogP contribution in [-0.4, -0.2) is 36.2 Å². The van der Waals surface area contributed by atoms with E-state index < -0.39 is 0 Å². The highest BCUT2D eigenvalue weighted by molar-refractivity contribution is 5.96. The maximum absolute atomic E-state index is 12.7. The fraction of sp³-hybridized carbons (Fsp3) is 0.412. The number of nitrogens with zero attached hydrogens (tertiary/aromatic N) is 2. The van der Waals surface area contributed by atoms with Crippen molar-refractivity contribution < 1.29 is 18.8 Å². The molecule has 1 aliphatic heterocycles. The average Bonchev–Trinajstić information content (AvgIpc) is 2.94. The topological polar surface area (TPSA) is 64.8 Å². The lowest BCUT2D eigenvalue weighted by Gasteiger charge is -2.21. The molecule has 0 saturated heterocycles. The first-order valence-electron chi connectivity index (χ1n) is 7.69. The van der Waals surface area contributed by atoms with Gasteiger partial charge in [-0.15, -0.1) is 0 Å². The summed E-state index contributed by atoms with van der Waals surface area (Å²) in [5.41, 5.74) is 2.24. The number of fused-ring (bicyclic) bond motifs is 1. The summed E-state index contributed by atoms with van der Waals surface area (Å²) in [7, 11) is 1.77. The highest BCUT2D eigenvalue weighted by Crippen LogP contribution is 2.31. The average molecular weight is 316 g/mol. The number of aromatic nitrogens is 1. The van der Waals surface area contributed by atoms with Crippen molar-refractivity contribution in [2.45, 2.75) is 26.8 Å². The van der Waals surface area contributed by atoms with E-state index in [9.17, 15) is 4.79 Å². The standard InChI is InChI=1S/C17H20N2O4/c1-4-13-16(11(2)23-18-13)17(20)19(3)10-12-5-6-14-15(9-12)22-8-7-21-14/h5-6,9H,4,7-8,10H2,1-3H3. The summed E-state index contributed by atoms with van der Waals surface area (Å²) in [6.07, 6.45) is 0.663. The van der Waals surface area contributed by atoms with Crippen molar-refractivity contribution in [3.05, 3.63) is 40.8 Å². The Hall–Kier alpha value is -2.50. The fourth-order valence-electron chi connectivity index (χ4n) is 2.66. The number of benzene rings is 1. The zero-order valence-electron chi connectivity index (χ0n) is 13.6. The zero-order chi connectivity index (χ0) is 16.4. The molecule has 2 heterocycles. The van der Waals surface area contributed by atoms with Gasteiger partial charge in [0.25, 0.3) is 5.91 Å².